The molecule has 1 aromatic carbocycles. The molecule has 5 nitrogen and oxygen atoms in total. The van der Waals surface area contributed by atoms with Crippen molar-refractivity contribution in [2.24, 2.45) is 0 Å². The van der Waals surface area contributed by atoms with Gasteiger partial charge in [-0.05, 0) is 46.2 Å². The fourth-order valence-corrected chi connectivity index (χ4v) is 1.77. The zero-order valence-electron chi connectivity index (χ0n) is 12.8. The van der Waals surface area contributed by atoms with E-state index in [1.807, 2.05) is 26.8 Å². The summed E-state index contributed by atoms with van der Waals surface area (Å²) < 4.78 is 16.2. The maximum Gasteiger partial charge on any atom is 0.411 e. The third-order valence-electron chi connectivity index (χ3n) is 2.42. The highest BCUT2D eigenvalue weighted by Gasteiger charge is 2.13. The lowest BCUT2D eigenvalue weighted by atomic mass is 10.2. The molecule has 112 valence electrons. The van der Waals surface area contributed by atoms with Crippen molar-refractivity contribution in [3.8, 4) is 11.5 Å². The standard InChI is InChI=1S/C15H23NO4/c1-6-18-13-9-12(16-15(17)20-10(3)4)8-11(5)14(13)19-7-2/h8-10H,6-7H2,1-5H3,(H,16,17). The monoisotopic (exact) mass is 281 g/mol. The molecule has 5 heteroatoms. The lowest BCUT2D eigenvalue weighted by Gasteiger charge is -2.16. The van der Waals surface area contributed by atoms with Crippen molar-refractivity contribution in [1.29, 1.82) is 0 Å². The molecule has 0 saturated heterocycles. The fourth-order valence-electron chi connectivity index (χ4n) is 1.77. The van der Waals surface area contributed by atoms with E-state index in [2.05, 4.69) is 5.32 Å². The van der Waals surface area contributed by atoms with Gasteiger partial charge in [-0.2, -0.15) is 0 Å². The number of carbonyl (C=O) groups is 1. The first-order chi connectivity index (χ1) is 9.47. The normalized spacial score (nSPS) is 10.3. The summed E-state index contributed by atoms with van der Waals surface area (Å²) in [7, 11) is 0. The number of amides is 1. The lowest BCUT2D eigenvalue weighted by Crippen LogP contribution is -2.18. The Morgan fingerprint density at radius 1 is 1.20 bits per heavy atom. The minimum atomic E-state index is -0.481. The molecule has 0 aliphatic carbocycles. The Kier molecular flexibility index (Phi) is 6.15. The second-order valence-electron chi connectivity index (χ2n) is 4.57. The van der Waals surface area contributed by atoms with Gasteiger partial charge < -0.3 is 14.2 Å². The first-order valence-electron chi connectivity index (χ1n) is 6.85. The molecule has 0 bridgehead atoms. The van der Waals surface area contributed by atoms with Crippen molar-refractivity contribution in [1.82, 2.24) is 0 Å². The number of benzene rings is 1. The van der Waals surface area contributed by atoms with Crippen LogP contribution in [-0.2, 0) is 4.74 Å². The molecular formula is C15H23NO4. The highest BCUT2D eigenvalue weighted by atomic mass is 16.6. The number of hydrogen-bond donors (Lipinski definition) is 1. The van der Waals surface area contributed by atoms with E-state index in [-0.39, 0.29) is 6.10 Å². The molecule has 0 unspecified atom stereocenters. The van der Waals surface area contributed by atoms with Crippen molar-refractivity contribution >= 4 is 11.8 Å². The van der Waals surface area contributed by atoms with Crippen molar-refractivity contribution in [3.05, 3.63) is 17.7 Å². The Morgan fingerprint density at radius 3 is 2.40 bits per heavy atom. The van der Waals surface area contributed by atoms with Crippen LogP contribution in [0.2, 0.25) is 0 Å². The van der Waals surface area contributed by atoms with E-state index >= 15 is 0 Å². The third kappa shape index (κ3) is 4.64. The summed E-state index contributed by atoms with van der Waals surface area (Å²) in [4.78, 5) is 11.6. The molecule has 0 aliphatic rings. The van der Waals surface area contributed by atoms with Crippen molar-refractivity contribution in [3.63, 3.8) is 0 Å². The van der Waals surface area contributed by atoms with E-state index in [1.165, 1.54) is 0 Å². The summed E-state index contributed by atoms with van der Waals surface area (Å²) in [6, 6.07) is 3.57. The molecule has 0 aromatic heterocycles. The van der Waals surface area contributed by atoms with Crippen LogP contribution < -0.4 is 14.8 Å². The molecule has 0 spiro atoms. The minimum absolute atomic E-state index is 0.162. The Morgan fingerprint density at radius 2 is 1.85 bits per heavy atom. The van der Waals surface area contributed by atoms with Crippen LogP contribution in [0.1, 0.15) is 33.3 Å². The topological polar surface area (TPSA) is 56.8 Å². The lowest BCUT2D eigenvalue weighted by molar-refractivity contribution is 0.130. The van der Waals surface area contributed by atoms with Crippen LogP contribution in [0.4, 0.5) is 10.5 Å². The van der Waals surface area contributed by atoms with Gasteiger partial charge in [0.15, 0.2) is 11.5 Å². The van der Waals surface area contributed by atoms with Crippen molar-refractivity contribution in [2.45, 2.75) is 40.7 Å². The van der Waals surface area contributed by atoms with E-state index in [9.17, 15) is 4.79 Å². The molecule has 0 atom stereocenters. The van der Waals surface area contributed by atoms with E-state index in [0.717, 1.165) is 5.56 Å². The van der Waals surface area contributed by atoms with E-state index in [1.54, 1.807) is 19.9 Å². The van der Waals surface area contributed by atoms with Gasteiger partial charge in [0.2, 0.25) is 0 Å². The van der Waals surface area contributed by atoms with Gasteiger partial charge in [0.1, 0.15) is 0 Å². The Hall–Kier alpha value is -1.91. The van der Waals surface area contributed by atoms with Gasteiger partial charge in [-0.25, -0.2) is 4.79 Å². The van der Waals surface area contributed by atoms with Crippen LogP contribution in [0.5, 0.6) is 11.5 Å². The van der Waals surface area contributed by atoms with Crippen LogP contribution in [0.25, 0.3) is 0 Å². The molecule has 0 fully saturated rings. The molecule has 0 aliphatic heterocycles. The fraction of sp³-hybridized carbons (Fsp3) is 0.533. The average molecular weight is 281 g/mol. The molecule has 1 N–H and O–H groups in total. The first kappa shape index (κ1) is 16.1. The predicted octanol–water partition coefficient (Wildman–Crippen LogP) is 3.75. The molecular weight excluding hydrogens is 258 g/mol. The van der Waals surface area contributed by atoms with Gasteiger partial charge in [-0.1, -0.05) is 0 Å². The zero-order valence-corrected chi connectivity index (χ0v) is 12.8. The molecule has 0 saturated carbocycles. The number of anilines is 1. The van der Waals surface area contributed by atoms with Crippen LogP contribution >= 0.6 is 0 Å². The smallest absolute Gasteiger partial charge is 0.411 e. The summed E-state index contributed by atoms with van der Waals surface area (Å²) in [6.07, 6.45) is -0.642. The van der Waals surface area contributed by atoms with Crippen molar-refractivity contribution < 1.29 is 19.0 Å². The number of aryl methyl sites for hydroxylation is 1. The molecule has 1 aromatic rings. The number of nitrogens with one attached hydrogen (secondary N) is 1. The summed E-state index contributed by atoms with van der Waals surface area (Å²) in [5, 5.41) is 2.69. The SMILES string of the molecule is CCOc1cc(NC(=O)OC(C)C)cc(C)c1OCC. The molecule has 1 rings (SSSR count). The largest absolute Gasteiger partial charge is 0.490 e. The van der Waals surface area contributed by atoms with E-state index < -0.39 is 6.09 Å². The number of carbonyl (C=O) groups excluding carboxylic acids is 1. The average Bonchev–Trinajstić information content (AvgIpc) is 2.32. The quantitative estimate of drug-likeness (QED) is 0.862. The predicted molar refractivity (Wildman–Crippen MR) is 78.8 cm³/mol. The van der Waals surface area contributed by atoms with E-state index in [0.29, 0.717) is 30.4 Å². The Bertz CT molecular complexity index is 457. The highest BCUT2D eigenvalue weighted by molar-refractivity contribution is 5.85. The number of ether oxygens (including phenoxy) is 3. The van der Waals surface area contributed by atoms with Crippen LogP contribution in [-0.4, -0.2) is 25.4 Å². The van der Waals surface area contributed by atoms with Gasteiger partial charge in [-0.3, -0.25) is 5.32 Å². The summed E-state index contributed by atoms with van der Waals surface area (Å²) in [5.74, 6) is 1.33. The summed E-state index contributed by atoms with van der Waals surface area (Å²) in [6.45, 7) is 10.4. The Balaban J connectivity index is 2.95. The maximum absolute atomic E-state index is 11.6. The second-order valence-corrected chi connectivity index (χ2v) is 4.57. The van der Waals surface area contributed by atoms with Crippen molar-refractivity contribution in [2.75, 3.05) is 18.5 Å². The van der Waals surface area contributed by atoms with Gasteiger partial charge in [0.25, 0.3) is 0 Å². The maximum atomic E-state index is 11.6. The van der Waals surface area contributed by atoms with Crippen LogP contribution in [0.15, 0.2) is 12.1 Å². The number of rotatable bonds is 6. The molecule has 0 heterocycles. The Labute approximate surface area is 120 Å². The van der Waals surface area contributed by atoms with E-state index in [4.69, 9.17) is 14.2 Å². The van der Waals surface area contributed by atoms with Crippen LogP contribution in [0, 0.1) is 6.92 Å². The highest BCUT2D eigenvalue weighted by Crippen LogP contribution is 2.34. The number of hydrogen-bond acceptors (Lipinski definition) is 4. The summed E-state index contributed by atoms with van der Waals surface area (Å²) >= 11 is 0. The van der Waals surface area contributed by atoms with Crippen LogP contribution in [0.3, 0.4) is 0 Å². The van der Waals surface area contributed by atoms with Gasteiger partial charge in [0, 0.05) is 11.8 Å². The molecule has 1 amide bonds. The van der Waals surface area contributed by atoms with Gasteiger partial charge >= 0.3 is 6.09 Å². The van der Waals surface area contributed by atoms with Gasteiger partial charge in [-0.15, -0.1) is 0 Å². The molecule has 0 radical (unpaired) electrons. The minimum Gasteiger partial charge on any atom is -0.490 e. The zero-order chi connectivity index (χ0) is 15.1. The van der Waals surface area contributed by atoms with Gasteiger partial charge in [0.05, 0.1) is 19.3 Å². The first-order valence-corrected chi connectivity index (χ1v) is 6.85. The third-order valence-corrected chi connectivity index (χ3v) is 2.42. The molecule has 20 heavy (non-hydrogen) atoms. The second kappa shape index (κ2) is 7.62. The summed E-state index contributed by atoms with van der Waals surface area (Å²) in [5.41, 5.74) is 1.53.